The lowest BCUT2D eigenvalue weighted by molar-refractivity contribution is 0.0492. The van der Waals surface area contributed by atoms with Crippen molar-refractivity contribution in [2.75, 3.05) is 6.61 Å². The summed E-state index contributed by atoms with van der Waals surface area (Å²) in [5, 5.41) is 9.31. The second kappa shape index (κ2) is 9.56. The Kier molecular flexibility index (Phi) is 6.87. The molecule has 30 heavy (non-hydrogen) atoms. The third-order valence-electron chi connectivity index (χ3n) is 4.57. The predicted octanol–water partition coefficient (Wildman–Crippen LogP) is 3.97. The van der Waals surface area contributed by atoms with Crippen molar-refractivity contribution in [1.82, 2.24) is 4.72 Å². The SMILES string of the molecule is Cc1ccc(S(=O)(=O)N[C@H](CCOC(=O)c2ccc(O)cc2)c2ccccc2)cc1. The zero-order valence-electron chi connectivity index (χ0n) is 16.5. The third-order valence-corrected chi connectivity index (χ3v) is 6.06. The minimum atomic E-state index is -3.75. The summed E-state index contributed by atoms with van der Waals surface area (Å²) in [7, 11) is -3.75. The van der Waals surface area contributed by atoms with Crippen molar-refractivity contribution >= 4 is 16.0 Å². The summed E-state index contributed by atoms with van der Waals surface area (Å²) in [5.41, 5.74) is 2.05. The lowest BCUT2D eigenvalue weighted by Crippen LogP contribution is -2.29. The molecule has 0 aliphatic carbocycles. The van der Waals surface area contributed by atoms with Crippen molar-refractivity contribution in [3.05, 3.63) is 95.6 Å². The monoisotopic (exact) mass is 425 g/mol. The van der Waals surface area contributed by atoms with Gasteiger partial charge < -0.3 is 9.84 Å². The Morgan fingerprint density at radius 3 is 2.23 bits per heavy atom. The van der Waals surface area contributed by atoms with Crippen LogP contribution in [-0.4, -0.2) is 26.1 Å². The van der Waals surface area contributed by atoms with Gasteiger partial charge >= 0.3 is 5.97 Å². The quantitative estimate of drug-likeness (QED) is 0.533. The van der Waals surface area contributed by atoms with E-state index in [1.165, 1.54) is 24.3 Å². The van der Waals surface area contributed by atoms with Gasteiger partial charge in [-0.15, -0.1) is 0 Å². The number of sulfonamides is 1. The van der Waals surface area contributed by atoms with E-state index in [4.69, 9.17) is 4.74 Å². The number of carbonyl (C=O) groups excluding carboxylic acids is 1. The molecule has 0 unspecified atom stereocenters. The standard InChI is InChI=1S/C23H23NO5S/c1-17-7-13-21(14-8-17)30(27,28)24-22(18-5-3-2-4-6-18)15-16-29-23(26)19-9-11-20(25)12-10-19/h2-14,22,24-25H,15-16H2,1H3/t22-/m1/s1. The van der Waals surface area contributed by atoms with Crippen molar-refractivity contribution in [3.63, 3.8) is 0 Å². The number of hydrogen-bond donors (Lipinski definition) is 2. The van der Waals surface area contributed by atoms with E-state index in [9.17, 15) is 18.3 Å². The minimum Gasteiger partial charge on any atom is -0.508 e. The average molecular weight is 426 g/mol. The van der Waals surface area contributed by atoms with Crippen LogP contribution >= 0.6 is 0 Å². The predicted molar refractivity (Wildman–Crippen MR) is 114 cm³/mol. The normalized spacial score (nSPS) is 12.3. The smallest absolute Gasteiger partial charge is 0.338 e. The molecule has 0 heterocycles. The Morgan fingerprint density at radius 2 is 1.60 bits per heavy atom. The molecule has 0 amide bonds. The summed E-state index contributed by atoms with van der Waals surface area (Å²) in [6.07, 6.45) is 0.263. The number of phenolic OH excluding ortho intramolecular Hbond substituents is 1. The van der Waals surface area contributed by atoms with Gasteiger partial charge in [-0.3, -0.25) is 0 Å². The summed E-state index contributed by atoms with van der Waals surface area (Å²) < 4.78 is 33.7. The molecule has 0 saturated carbocycles. The van der Waals surface area contributed by atoms with E-state index in [0.717, 1.165) is 11.1 Å². The molecule has 0 radical (unpaired) electrons. The Balaban J connectivity index is 1.71. The number of esters is 1. The van der Waals surface area contributed by atoms with Gasteiger partial charge in [0.2, 0.25) is 10.0 Å². The number of hydrogen-bond acceptors (Lipinski definition) is 5. The first-order valence-electron chi connectivity index (χ1n) is 9.45. The van der Waals surface area contributed by atoms with Gasteiger partial charge in [0.25, 0.3) is 0 Å². The van der Waals surface area contributed by atoms with Crippen LogP contribution in [0.3, 0.4) is 0 Å². The molecule has 0 aliphatic rings. The van der Waals surface area contributed by atoms with Crippen molar-refractivity contribution < 1.29 is 23.1 Å². The average Bonchev–Trinajstić information content (AvgIpc) is 2.74. The highest BCUT2D eigenvalue weighted by Gasteiger charge is 2.22. The molecule has 0 fully saturated rings. The maximum atomic E-state index is 12.8. The molecule has 6 nitrogen and oxygen atoms in total. The zero-order chi connectivity index (χ0) is 21.6. The molecule has 156 valence electrons. The fourth-order valence-electron chi connectivity index (χ4n) is 2.90. The molecule has 0 aliphatic heterocycles. The second-order valence-corrected chi connectivity index (χ2v) is 8.58. The van der Waals surface area contributed by atoms with E-state index in [0.29, 0.717) is 5.56 Å². The Hall–Kier alpha value is -3.16. The first kappa shape index (κ1) is 21.5. The number of aryl methyl sites for hydroxylation is 1. The molecule has 3 aromatic carbocycles. The summed E-state index contributed by atoms with van der Waals surface area (Å²) in [6, 6.07) is 20.9. The van der Waals surface area contributed by atoms with Gasteiger partial charge in [0.1, 0.15) is 5.75 Å². The fourth-order valence-corrected chi connectivity index (χ4v) is 4.16. The molecule has 3 rings (SSSR count). The Labute approximate surface area is 176 Å². The van der Waals surface area contributed by atoms with Crippen molar-refractivity contribution in [2.24, 2.45) is 0 Å². The number of rotatable bonds is 8. The zero-order valence-corrected chi connectivity index (χ0v) is 17.3. The molecule has 0 saturated heterocycles. The van der Waals surface area contributed by atoms with E-state index in [-0.39, 0.29) is 23.7 Å². The van der Waals surface area contributed by atoms with Crippen LogP contribution in [0, 0.1) is 6.92 Å². The molecule has 0 spiro atoms. The maximum absolute atomic E-state index is 12.8. The van der Waals surface area contributed by atoms with Crippen LogP contribution in [0.5, 0.6) is 5.75 Å². The summed E-state index contributed by atoms with van der Waals surface area (Å²) in [4.78, 5) is 12.3. The summed E-state index contributed by atoms with van der Waals surface area (Å²) >= 11 is 0. The molecule has 2 N–H and O–H groups in total. The largest absolute Gasteiger partial charge is 0.508 e. The van der Waals surface area contributed by atoms with Crippen molar-refractivity contribution in [3.8, 4) is 5.75 Å². The number of ether oxygens (including phenoxy) is 1. The molecule has 1 atom stereocenters. The first-order chi connectivity index (χ1) is 14.3. The van der Waals surface area contributed by atoms with Crippen LogP contribution in [0.1, 0.15) is 33.9 Å². The molecule has 7 heteroatoms. The lowest BCUT2D eigenvalue weighted by Gasteiger charge is -2.19. The molecular weight excluding hydrogens is 402 g/mol. The molecule has 3 aromatic rings. The third kappa shape index (κ3) is 5.68. The number of carbonyl (C=O) groups is 1. The molecular formula is C23H23NO5S. The van der Waals surface area contributed by atoms with Gasteiger partial charge in [0.15, 0.2) is 0 Å². The van der Waals surface area contributed by atoms with Gasteiger partial charge in [-0.05, 0) is 48.9 Å². The van der Waals surface area contributed by atoms with E-state index < -0.39 is 22.0 Å². The Bertz CT molecular complexity index is 1080. The highest BCUT2D eigenvalue weighted by molar-refractivity contribution is 7.89. The maximum Gasteiger partial charge on any atom is 0.338 e. The highest BCUT2D eigenvalue weighted by Crippen LogP contribution is 2.21. The van der Waals surface area contributed by atoms with Crippen LogP contribution in [0.25, 0.3) is 0 Å². The second-order valence-electron chi connectivity index (χ2n) is 6.87. The van der Waals surface area contributed by atoms with E-state index in [1.54, 1.807) is 24.3 Å². The molecule has 0 bridgehead atoms. The first-order valence-corrected chi connectivity index (χ1v) is 10.9. The van der Waals surface area contributed by atoms with Gasteiger partial charge in [-0.2, -0.15) is 0 Å². The van der Waals surface area contributed by atoms with Crippen LogP contribution in [0.2, 0.25) is 0 Å². The Morgan fingerprint density at radius 1 is 0.967 bits per heavy atom. The summed E-state index contributed by atoms with van der Waals surface area (Å²) in [5.74, 6) is -0.482. The van der Waals surface area contributed by atoms with Crippen LogP contribution < -0.4 is 4.72 Å². The highest BCUT2D eigenvalue weighted by atomic mass is 32.2. The summed E-state index contributed by atoms with van der Waals surface area (Å²) in [6.45, 7) is 1.91. The number of benzene rings is 3. The van der Waals surface area contributed by atoms with Crippen LogP contribution in [0.15, 0.2) is 83.8 Å². The van der Waals surface area contributed by atoms with Gasteiger partial charge in [-0.25, -0.2) is 17.9 Å². The lowest BCUT2D eigenvalue weighted by atomic mass is 10.1. The molecule has 0 aromatic heterocycles. The van der Waals surface area contributed by atoms with Gasteiger partial charge in [0.05, 0.1) is 23.1 Å². The van der Waals surface area contributed by atoms with Crippen LogP contribution in [-0.2, 0) is 14.8 Å². The topological polar surface area (TPSA) is 92.7 Å². The van der Waals surface area contributed by atoms with Gasteiger partial charge in [0, 0.05) is 6.42 Å². The van der Waals surface area contributed by atoms with Crippen LogP contribution in [0.4, 0.5) is 0 Å². The van der Waals surface area contributed by atoms with E-state index >= 15 is 0 Å². The van der Waals surface area contributed by atoms with E-state index in [2.05, 4.69) is 4.72 Å². The van der Waals surface area contributed by atoms with Crippen molar-refractivity contribution in [2.45, 2.75) is 24.3 Å². The van der Waals surface area contributed by atoms with Gasteiger partial charge in [-0.1, -0.05) is 48.0 Å². The number of nitrogens with one attached hydrogen (secondary N) is 1. The number of phenols is 1. The minimum absolute atomic E-state index is 0.0235. The fraction of sp³-hybridized carbons (Fsp3) is 0.174. The van der Waals surface area contributed by atoms with Crippen molar-refractivity contribution in [1.29, 1.82) is 0 Å². The van der Waals surface area contributed by atoms with E-state index in [1.807, 2.05) is 37.3 Å². The number of aromatic hydroxyl groups is 1.